The van der Waals surface area contributed by atoms with Crippen LogP contribution in [0.4, 0.5) is 0 Å². The van der Waals surface area contributed by atoms with E-state index < -0.39 is 9.84 Å². The maximum atomic E-state index is 12.4. The van der Waals surface area contributed by atoms with E-state index in [1.807, 2.05) is 26.0 Å². The maximum absolute atomic E-state index is 12.4. The fraction of sp³-hybridized carbons (Fsp3) is 0.625. The predicted molar refractivity (Wildman–Crippen MR) is 84.3 cm³/mol. The Morgan fingerprint density at radius 2 is 2.00 bits per heavy atom. The summed E-state index contributed by atoms with van der Waals surface area (Å²) in [5, 5.41) is 3.30. The van der Waals surface area contributed by atoms with Gasteiger partial charge in [-0.3, -0.25) is 0 Å². The molecule has 1 aliphatic rings. The highest BCUT2D eigenvalue weighted by Crippen LogP contribution is 2.24. The van der Waals surface area contributed by atoms with E-state index >= 15 is 0 Å². The second kappa shape index (κ2) is 6.46. The third-order valence-corrected chi connectivity index (χ3v) is 5.90. The van der Waals surface area contributed by atoms with Crippen LogP contribution in [-0.2, 0) is 14.6 Å². The van der Waals surface area contributed by atoms with Gasteiger partial charge in [0, 0.05) is 19.2 Å². The van der Waals surface area contributed by atoms with Crippen LogP contribution in [0.3, 0.4) is 0 Å². The van der Waals surface area contributed by atoms with Crippen molar-refractivity contribution in [3.05, 3.63) is 29.8 Å². The van der Waals surface area contributed by atoms with Gasteiger partial charge in [-0.2, -0.15) is 0 Å². The normalized spacial score (nSPS) is 24.1. The Hall–Kier alpha value is -0.910. The van der Waals surface area contributed by atoms with Crippen molar-refractivity contribution in [3.8, 4) is 0 Å². The Bertz CT molecular complexity index is 560. The van der Waals surface area contributed by atoms with E-state index in [1.54, 1.807) is 12.1 Å². The summed E-state index contributed by atoms with van der Waals surface area (Å²) in [7, 11) is -3.25. The van der Waals surface area contributed by atoms with Crippen molar-refractivity contribution < 1.29 is 13.2 Å². The smallest absolute Gasteiger partial charge is 0.179 e. The summed E-state index contributed by atoms with van der Waals surface area (Å²) in [6.07, 6.45) is 2.10. The summed E-state index contributed by atoms with van der Waals surface area (Å²) >= 11 is 0. The first kappa shape index (κ1) is 16.5. The van der Waals surface area contributed by atoms with Crippen molar-refractivity contribution in [1.29, 1.82) is 0 Å². The monoisotopic (exact) mass is 311 g/mol. The summed E-state index contributed by atoms with van der Waals surface area (Å²) in [5.41, 5.74) is 0.911. The molecule has 1 saturated heterocycles. The molecule has 1 N–H and O–H groups in total. The van der Waals surface area contributed by atoms with Gasteiger partial charge >= 0.3 is 0 Å². The topological polar surface area (TPSA) is 55.4 Å². The Morgan fingerprint density at radius 1 is 1.33 bits per heavy atom. The van der Waals surface area contributed by atoms with Crippen LogP contribution < -0.4 is 5.32 Å². The second-order valence-corrected chi connectivity index (χ2v) is 8.31. The number of hydrogen-bond acceptors (Lipinski definition) is 4. The Kier molecular flexibility index (Phi) is 5.07. The zero-order valence-corrected chi connectivity index (χ0v) is 13.9. The fourth-order valence-electron chi connectivity index (χ4n) is 2.60. The molecule has 4 nitrogen and oxygen atoms in total. The zero-order chi connectivity index (χ0) is 15.5. The minimum absolute atomic E-state index is 0.0997. The minimum atomic E-state index is -3.25. The standard InChI is InChI=1S/C16H25NO3S/c1-13-5-7-15(8-6-13)21(18,19)11-14(2)17-12-16(3)9-4-10-20-16/h5-8,14,17H,4,9-12H2,1-3H3/t14-,16-/m1/s1. The molecule has 1 aromatic carbocycles. The first-order valence-electron chi connectivity index (χ1n) is 7.48. The highest BCUT2D eigenvalue weighted by Gasteiger charge is 2.30. The van der Waals surface area contributed by atoms with Crippen LogP contribution in [0, 0.1) is 6.92 Å². The van der Waals surface area contributed by atoms with Crippen molar-refractivity contribution in [2.45, 2.75) is 50.2 Å². The van der Waals surface area contributed by atoms with E-state index in [0.717, 1.165) is 25.0 Å². The van der Waals surface area contributed by atoms with Crippen LogP contribution in [0.25, 0.3) is 0 Å². The number of ether oxygens (including phenoxy) is 1. The fourth-order valence-corrected chi connectivity index (χ4v) is 4.12. The van der Waals surface area contributed by atoms with Crippen LogP contribution in [0.15, 0.2) is 29.2 Å². The predicted octanol–water partition coefficient (Wildman–Crippen LogP) is 2.32. The highest BCUT2D eigenvalue weighted by atomic mass is 32.2. The van der Waals surface area contributed by atoms with E-state index in [-0.39, 0.29) is 17.4 Å². The molecule has 2 atom stereocenters. The van der Waals surface area contributed by atoms with Gasteiger partial charge in [0.1, 0.15) is 0 Å². The summed E-state index contributed by atoms with van der Waals surface area (Å²) in [6.45, 7) is 7.42. The van der Waals surface area contributed by atoms with E-state index in [2.05, 4.69) is 12.2 Å². The lowest BCUT2D eigenvalue weighted by molar-refractivity contribution is 0.0196. The molecular weight excluding hydrogens is 286 g/mol. The van der Waals surface area contributed by atoms with Crippen molar-refractivity contribution in [1.82, 2.24) is 5.32 Å². The first-order valence-corrected chi connectivity index (χ1v) is 9.13. The summed E-state index contributed by atoms with van der Waals surface area (Å²) in [5.74, 6) is 0.103. The molecule has 21 heavy (non-hydrogen) atoms. The summed E-state index contributed by atoms with van der Waals surface area (Å²) in [6, 6.07) is 6.92. The Labute approximate surface area is 127 Å². The van der Waals surface area contributed by atoms with Crippen LogP contribution in [0.2, 0.25) is 0 Å². The molecule has 1 fully saturated rings. The summed E-state index contributed by atoms with van der Waals surface area (Å²) in [4.78, 5) is 0.394. The Balaban J connectivity index is 1.92. The molecule has 5 heteroatoms. The highest BCUT2D eigenvalue weighted by molar-refractivity contribution is 7.91. The number of rotatable bonds is 6. The molecule has 0 saturated carbocycles. The van der Waals surface area contributed by atoms with Gasteiger partial charge < -0.3 is 10.1 Å². The molecule has 118 valence electrons. The van der Waals surface area contributed by atoms with Gasteiger partial charge in [-0.1, -0.05) is 17.7 Å². The second-order valence-electron chi connectivity index (χ2n) is 6.28. The molecule has 1 heterocycles. The molecule has 0 aromatic heterocycles. The molecule has 0 amide bonds. The van der Waals surface area contributed by atoms with Crippen molar-refractivity contribution >= 4 is 9.84 Å². The van der Waals surface area contributed by atoms with Crippen LogP contribution in [-0.4, -0.2) is 39.0 Å². The molecule has 0 radical (unpaired) electrons. The number of aryl methyl sites for hydroxylation is 1. The third-order valence-electron chi connectivity index (χ3n) is 3.97. The average molecular weight is 311 g/mol. The lowest BCUT2D eigenvalue weighted by Crippen LogP contribution is -2.43. The Morgan fingerprint density at radius 3 is 2.57 bits per heavy atom. The SMILES string of the molecule is Cc1ccc(S(=O)(=O)C[C@@H](C)NC[C@@]2(C)CCCO2)cc1. The van der Waals surface area contributed by atoms with Crippen molar-refractivity contribution in [2.24, 2.45) is 0 Å². The van der Waals surface area contributed by atoms with Crippen molar-refractivity contribution in [2.75, 3.05) is 18.9 Å². The van der Waals surface area contributed by atoms with Crippen molar-refractivity contribution in [3.63, 3.8) is 0 Å². The summed E-state index contributed by atoms with van der Waals surface area (Å²) < 4.78 is 30.4. The van der Waals surface area contributed by atoms with Gasteiger partial charge in [-0.15, -0.1) is 0 Å². The molecule has 1 aliphatic heterocycles. The van der Waals surface area contributed by atoms with E-state index in [1.165, 1.54) is 0 Å². The molecule has 0 bridgehead atoms. The van der Waals surface area contributed by atoms with Crippen LogP contribution in [0.1, 0.15) is 32.3 Å². The first-order chi connectivity index (χ1) is 9.81. The van der Waals surface area contributed by atoms with Crippen LogP contribution in [0.5, 0.6) is 0 Å². The number of sulfone groups is 1. The lowest BCUT2D eigenvalue weighted by Gasteiger charge is -2.26. The molecule has 0 aliphatic carbocycles. The van der Waals surface area contributed by atoms with Gasteiger partial charge in [-0.25, -0.2) is 8.42 Å². The average Bonchev–Trinajstić information content (AvgIpc) is 2.84. The molecule has 2 rings (SSSR count). The number of benzene rings is 1. The van der Waals surface area contributed by atoms with Gasteiger partial charge in [0.25, 0.3) is 0 Å². The maximum Gasteiger partial charge on any atom is 0.179 e. The molecule has 1 aromatic rings. The van der Waals surface area contributed by atoms with E-state index in [0.29, 0.717) is 11.4 Å². The zero-order valence-electron chi connectivity index (χ0n) is 13.1. The molecule has 0 spiro atoms. The van der Waals surface area contributed by atoms with Gasteiger partial charge in [0.15, 0.2) is 9.84 Å². The van der Waals surface area contributed by atoms with E-state index in [9.17, 15) is 8.42 Å². The lowest BCUT2D eigenvalue weighted by atomic mass is 10.0. The molecule has 0 unspecified atom stereocenters. The van der Waals surface area contributed by atoms with Gasteiger partial charge in [0.05, 0.1) is 16.2 Å². The van der Waals surface area contributed by atoms with Gasteiger partial charge in [0.2, 0.25) is 0 Å². The number of nitrogens with one attached hydrogen (secondary N) is 1. The van der Waals surface area contributed by atoms with Gasteiger partial charge in [-0.05, 0) is 45.7 Å². The van der Waals surface area contributed by atoms with Crippen LogP contribution >= 0.6 is 0 Å². The quantitative estimate of drug-likeness (QED) is 0.876. The third kappa shape index (κ3) is 4.53. The number of hydrogen-bond donors (Lipinski definition) is 1. The molecular formula is C16H25NO3S. The largest absolute Gasteiger partial charge is 0.374 e. The minimum Gasteiger partial charge on any atom is -0.374 e. The van der Waals surface area contributed by atoms with E-state index in [4.69, 9.17) is 4.74 Å².